The van der Waals surface area contributed by atoms with E-state index in [2.05, 4.69) is 58.5 Å². The van der Waals surface area contributed by atoms with E-state index in [4.69, 9.17) is 0 Å². The van der Waals surface area contributed by atoms with Gasteiger partial charge in [-0.05, 0) is 40.1 Å². The zero-order valence-corrected chi connectivity index (χ0v) is 9.79. The molecule has 3 heteroatoms. The van der Waals surface area contributed by atoms with E-state index in [9.17, 15) is 0 Å². The molecule has 0 spiro atoms. The third kappa shape index (κ3) is 1.45. The van der Waals surface area contributed by atoms with Crippen molar-refractivity contribution < 1.29 is 0 Å². The highest BCUT2D eigenvalue weighted by Gasteiger charge is 2.08. The number of halogens is 1. The van der Waals surface area contributed by atoms with Gasteiger partial charge in [-0.15, -0.1) is 0 Å². The predicted octanol–water partition coefficient (Wildman–Crippen LogP) is 3.29. The fourth-order valence-corrected chi connectivity index (χ4v) is 2.08. The molecule has 0 aliphatic carbocycles. The van der Waals surface area contributed by atoms with Crippen molar-refractivity contribution in [3.63, 3.8) is 0 Å². The van der Waals surface area contributed by atoms with Gasteiger partial charge in [0.1, 0.15) is 0 Å². The topological polar surface area (TPSA) is 28.7 Å². The molecule has 0 aliphatic heterocycles. The summed E-state index contributed by atoms with van der Waals surface area (Å²) in [5.74, 6) is 0.530. The van der Waals surface area contributed by atoms with E-state index in [1.165, 1.54) is 9.13 Å². The summed E-state index contributed by atoms with van der Waals surface area (Å²) in [6.07, 6.45) is 1.76. The second-order valence-electron chi connectivity index (χ2n) is 3.42. The van der Waals surface area contributed by atoms with Gasteiger partial charge in [-0.1, -0.05) is 19.9 Å². The van der Waals surface area contributed by atoms with Crippen LogP contribution in [0.25, 0.3) is 11.0 Å². The number of aromatic nitrogens is 2. The van der Waals surface area contributed by atoms with Gasteiger partial charge in [-0.3, -0.25) is 0 Å². The van der Waals surface area contributed by atoms with Crippen LogP contribution in [0, 0.1) is 3.57 Å². The largest absolute Gasteiger partial charge is 0.344 e. The summed E-state index contributed by atoms with van der Waals surface area (Å²) in [7, 11) is 0. The zero-order chi connectivity index (χ0) is 9.42. The fourth-order valence-electron chi connectivity index (χ4n) is 1.49. The maximum absolute atomic E-state index is 4.34. The number of aromatic amines is 1. The molecule has 2 nitrogen and oxygen atoms in total. The number of H-pyrrole nitrogens is 1. The van der Waals surface area contributed by atoms with Crippen LogP contribution in [0.15, 0.2) is 18.5 Å². The summed E-state index contributed by atoms with van der Waals surface area (Å²) in [5, 5.41) is 0. The molecule has 2 aromatic rings. The normalized spacial score (nSPS) is 11.4. The lowest BCUT2D eigenvalue weighted by Gasteiger charge is -2.06. The maximum Gasteiger partial charge on any atom is 0.0932 e. The van der Waals surface area contributed by atoms with Crippen molar-refractivity contribution in [3.05, 3.63) is 27.6 Å². The van der Waals surface area contributed by atoms with Crippen molar-refractivity contribution in [2.45, 2.75) is 19.8 Å². The standard InChI is InChI=1S/C10H11IN2/c1-6(2)7-3-4-8(11)10-9(7)12-5-13-10/h3-6H,1-2H3,(H,12,13). The Kier molecular flexibility index (Phi) is 2.27. The minimum absolute atomic E-state index is 0.530. The first-order chi connectivity index (χ1) is 6.20. The number of fused-ring (bicyclic) bond motifs is 1. The molecule has 0 fully saturated rings. The van der Waals surface area contributed by atoms with Crippen molar-refractivity contribution in [3.8, 4) is 0 Å². The van der Waals surface area contributed by atoms with Crippen LogP contribution in [0.3, 0.4) is 0 Å². The number of hydrogen-bond acceptors (Lipinski definition) is 1. The molecule has 0 saturated heterocycles. The Morgan fingerprint density at radius 1 is 1.38 bits per heavy atom. The predicted molar refractivity (Wildman–Crippen MR) is 62.9 cm³/mol. The first-order valence-corrected chi connectivity index (χ1v) is 5.39. The number of hydrogen-bond donors (Lipinski definition) is 1. The fraction of sp³-hybridized carbons (Fsp3) is 0.300. The van der Waals surface area contributed by atoms with Crippen LogP contribution in [-0.2, 0) is 0 Å². The van der Waals surface area contributed by atoms with E-state index in [1.807, 2.05) is 0 Å². The third-order valence-electron chi connectivity index (χ3n) is 2.18. The van der Waals surface area contributed by atoms with Gasteiger partial charge < -0.3 is 4.98 Å². The summed E-state index contributed by atoms with van der Waals surface area (Å²) in [4.78, 5) is 7.50. The molecule has 2 rings (SSSR count). The Balaban J connectivity index is 2.78. The van der Waals surface area contributed by atoms with Crippen molar-refractivity contribution in [2.24, 2.45) is 0 Å². The summed E-state index contributed by atoms with van der Waals surface area (Å²) in [5.41, 5.74) is 3.59. The minimum atomic E-state index is 0.530. The van der Waals surface area contributed by atoms with Crippen molar-refractivity contribution in [1.82, 2.24) is 9.97 Å². The molecule has 0 radical (unpaired) electrons. The van der Waals surface area contributed by atoms with Crippen LogP contribution in [-0.4, -0.2) is 9.97 Å². The summed E-state index contributed by atoms with van der Waals surface area (Å²) in [6, 6.07) is 4.30. The van der Waals surface area contributed by atoms with Gasteiger partial charge in [0.05, 0.1) is 17.4 Å². The lowest BCUT2D eigenvalue weighted by molar-refractivity contribution is 0.873. The summed E-state index contributed by atoms with van der Waals surface area (Å²) in [6.45, 7) is 4.38. The number of nitrogens with zero attached hydrogens (tertiary/aromatic N) is 1. The molecule has 0 bridgehead atoms. The Bertz CT molecular complexity index is 431. The number of benzene rings is 1. The van der Waals surface area contributed by atoms with Crippen LogP contribution in [0.4, 0.5) is 0 Å². The molecular weight excluding hydrogens is 275 g/mol. The van der Waals surface area contributed by atoms with Crippen molar-refractivity contribution in [1.29, 1.82) is 0 Å². The smallest absolute Gasteiger partial charge is 0.0932 e. The molecular formula is C10H11IN2. The number of imidazole rings is 1. The van der Waals surface area contributed by atoms with Gasteiger partial charge in [-0.2, -0.15) is 0 Å². The number of nitrogens with one attached hydrogen (secondary N) is 1. The van der Waals surface area contributed by atoms with Crippen LogP contribution in [0.2, 0.25) is 0 Å². The van der Waals surface area contributed by atoms with Crippen LogP contribution < -0.4 is 0 Å². The molecule has 0 atom stereocenters. The second-order valence-corrected chi connectivity index (χ2v) is 4.58. The molecule has 1 N–H and O–H groups in total. The number of rotatable bonds is 1. The maximum atomic E-state index is 4.34. The first-order valence-electron chi connectivity index (χ1n) is 4.31. The molecule has 0 saturated carbocycles. The molecule has 1 aromatic heterocycles. The molecule has 13 heavy (non-hydrogen) atoms. The first kappa shape index (κ1) is 8.99. The van der Waals surface area contributed by atoms with Gasteiger partial charge in [-0.25, -0.2) is 4.98 Å². The highest BCUT2D eigenvalue weighted by Crippen LogP contribution is 2.25. The molecule has 68 valence electrons. The van der Waals surface area contributed by atoms with Crippen LogP contribution in [0.1, 0.15) is 25.3 Å². The average molecular weight is 286 g/mol. The summed E-state index contributed by atoms with van der Waals surface area (Å²) >= 11 is 2.32. The van der Waals surface area contributed by atoms with E-state index < -0.39 is 0 Å². The SMILES string of the molecule is CC(C)c1ccc(I)c2[nH]cnc12. The highest BCUT2D eigenvalue weighted by molar-refractivity contribution is 14.1. The van der Waals surface area contributed by atoms with E-state index in [1.54, 1.807) is 6.33 Å². The van der Waals surface area contributed by atoms with Gasteiger partial charge >= 0.3 is 0 Å². The summed E-state index contributed by atoms with van der Waals surface area (Å²) < 4.78 is 1.23. The molecule has 0 aliphatic rings. The molecule has 0 unspecified atom stereocenters. The quantitative estimate of drug-likeness (QED) is 0.801. The Morgan fingerprint density at radius 2 is 2.15 bits per heavy atom. The van der Waals surface area contributed by atoms with Crippen LogP contribution >= 0.6 is 22.6 Å². The Labute approximate surface area is 90.9 Å². The van der Waals surface area contributed by atoms with Crippen molar-refractivity contribution >= 4 is 33.6 Å². The van der Waals surface area contributed by atoms with Gasteiger partial charge in [0, 0.05) is 3.57 Å². The van der Waals surface area contributed by atoms with E-state index in [-0.39, 0.29) is 0 Å². The van der Waals surface area contributed by atoms with E-state index in [0.29, 0.717) is 5.92 Å². The average Bonchev–Trinajstić information content (AvgIpc) is 2.53. The van der Waals surface area contributed by atoms with Crippen molar-refractivity contribution in [2.75, 3.05) is 0 Å². The monoisotopic (exact) mass is 286 g/mol. The minimum Gasteiger partial charge on any atom is -0.344 e. The Hall–Kier alpha value is -0.580. The van der Waals surface area contributed by atoms with Gasteiger partial charge in [0.25, 0.3) is 0 Å². The Morgan fingerprint density at radius 3 is 2.85 bits per heavy atom. The van der Waals surface area contributed by atoms with E-state index >= 15 is 0 Å². The molecule has 1 aromatic carbocycles. The second kappa shape index (κ2) is 3.29. The third-order valence-corrected chi connectivity index (χ3v) is 3.08. The zero-order valence-electron chi connectivity index (χ0n) is 7.63. The lowest BCUT2D eigenvalue weighted by atomic mass is 10.0. The molecule has 1 heterocycles. The van der Waals surface area contributed by atoms with Gasteiger partial charge in [0.2, 0.25) is 0 Å². The molecule has 0 amide bonds. The lowest BCUT2D eigenvalue weighted by Crippen LogP contribution is -1.90. The van der Waals surface area contributed by atoms with Crippen LogP contribution in [0.5, 0.6) is 0 Å². The van der Waals surface area contributed by atoms with E-state index in [0.717, 1.165) is 11.0 Å². The highest BCUT2D eigenvalue weighted by atomic mass is 127. The van der Waals surface area contributed by atoms with Gasteiger partial charge in [0.15, 0.2) is 0 Å².